The zero-order chi connectivity index (χ0) is 21.3. The molecule has 4 rings (SSSR count). The molecule has 0 aliphatic carbocycles. The second-order valence-electron chi connectivity index (χ2n) is 6.60. The zero-order valence-electron chi connectivity index (χ0n) is 16.3. The Morgan fingerprint density at radius 1 is 1.17 bits per heavy atom. The summed E-state index contributed by atoms with van der Waals surface area (Å²) in [5.41, 5.74) is 1.92. The van der Waals surface area contributed by atoms with Gasteiger partial charge in [0.25, 0.3) is 5.91 Å². The Balaban J connectivity index is 1.43. The fourth-order valence-electron chi connectivity index (χ4n) is 3.01. The number of carbonyl (C=O) groups excluding carboxylic acids is 1. The molecule has 154 valence electrons. The Hall–Kier alpha value is -3.33. The largest absolute Gasteiger partial charge is 0.497 e. The van der Waals surface area contributed by atoms with Crippen molar-refractivity contribution >= 4 is 22.2 Å². The van der Waals surface area contributed by atoms with Crippen LogP contribution in [0.25, 0.3) is 16.3 Å². The number of hydrogen-bond acceptors (Lipinski definition) is 5. The van der Waals surface area contributed by atoms with E-state index in [0.29, 0.717) is 18.8 Å². The summed E-state index contributed by atoms with van der Waals surface area (Å²) in [7, 11) is 1.62. The second kappa shape index (κ2) is 8.19. The van der Waals surface area contributed by atoms with Gasteiger partial charge in [-0.25, -0.2) is 13.3 Å². The van der Waals surface area contributed by atoms with Gasteiger partial charge >= 0.3 is 0 Å². The van der Waals surface area contributed by atoms with Gasteiger partial charge in [0, 0.05) is 29.0 Å². The number of halogens is 2. The molecule has 0 aliphatic rings. The summed E-state index contributed by atoms with van der Waals surface area (Å²) in [5, 5.41) is 7.30. The summed E-state index contributed by atoms with van der Waals surface area (Å²) in [6.45, 7) is 2.30. The van der Waals surface area contributed by atoms with E-state index in [2.05, 4.69) is 15.4 Å². The van der Waals surface area contributed by atoms with E-state index in [-0.39, 0.29) is 5.56 Å². The molecule has 0 bridgehead atoms. The monoisotopic (exact) mass is 428 g/mol. The Morgan fingerprint density at radius 3 is 2.60 bits per heavy atom. The van der Waals surface area contributed by atoms with Crippen LogP contribution in [-0.2, 0) is 6.42 Å². The van der Waals surface area contributed by atoms with Crippen molar-refractivity contribution in [2.24, 2.45) is 0 Å². The lowest BCUT2D eigenvalue weighted by Gasteiger charge is -2.05. The van der Waals surface area contributed by atoms with Crippen LogP contribution in [0, 0.1) is 18.6 Å². The van der Waals surface area contributed by atoms with Gasteiger partial charge in [0.15, 0.2) is 17.5 Å². The molecule has 0 saturated carbocycles. The summed E-state index contributed by atoms with van der Waals surface area (Å²) in [5.74, 6) is -1.08. The molecule has 0 aliphatic heterocycles. The average molecular weight is 428 g/mol. The van der Waals surface area contributed by atoms with E-state index in [1.54, 1.807) is 11.6 Å². The number of fused-ring (bicyclic) bond motifs is 1. The first-order chi connectivity index (χ1) is 14.5. The highest BCUT2D eigenvalue weighted by Gasteiger charge is 2.15. The van der Waals surface area contributed by atoms with Gasteiger partial charge in [-0.15, -0.1) is 5.10 Å². The van der Waals surface area contributed by atoms with Crippen molar-refractivity contribution in [3.63, 3.8) is 0 Å². The summed E-state index contributed by atoms with van der Waals surface area (Å²) in [4.78, 5) is 18.5. The highest BCUT2D eigenvalue weighted by atomic mass is 32.1. The van der Waals surface area contributed by atoms with Crippen molar-refractivity contribution in [3.8, 4) is 17.1 Å². The lowest BCUT2D eigenvalue weighted by Crippen LogP contribution is -2.25. The van der Waals surface area contributed by atoms with Crippen LogP contribution < -0.4 is 10.1 Å². The minimum atomic E-state index is -1.04. The molecule has 0 fully saturated rings. The van der Waals surface area contributed by atoms with Gasteiger partial charge in [-0.05, 0) is 49.4 Å². The molecule has 1 amide bonds. The van der Waals surface area contributed by atoms with Gasteiger partial charge < -0.3 is 10.1 Å². The summed E-state index contributed by atoms with van der Waals surface area (Å²) in [6.07, 6.45) is 0.578. The topological polar surface area (TPSA) is 68.5 Å². The number of aryl methyl sites for hydroxylation is 1. The fourth-order valence-corrected chi connectivity index (χ4v) is 4.06. The van der Waals surface area contributed by atoms with Crippen LogP contribution in [0.4, 0.5) is 8.78 Å². The Morgan fingerprint density at radius 2 is 1.93 bits per heavy atom. The third-order valence-corrected chi connectivity index (χ3v) is 5.87. The fraction of sp³-hybridized carbons (Fsp3) is 0.190. The molecule has 0 radical (unpaired) electrons. The third kappa shape index (κ3) is 3.88. The quantitative estimate of drug-likeness (QED) is 0.504. The number of nitrogens with one attached hydrogen (secondary N) is 1. The van der Waals surface area contributed by atoms with Crippen molar-refractivity contribution in [1.29, 1.82) is 0 Å². The molecule has 0 unspecified atom stereocenters. The highest BCUT2D eigenvalue weighted by Crippen LogP contribution is 2.26. The maximum Gasteiger partial charge on any atom is 0.251 e. The molecule has 30 heavy (non-hydrogen) atoms. The molecule has 6 nitrogen and oxygen atoms in total. The summed E-state index contributed by atoms with van der Waals surface area (Å²) in [6, 6.07) is 10.6. The standard InChI is InChI=1S/C21H18F2N4O2S/c1-12-18(9-10-24-20(28)14-5-8-16(22)17(23)11-14)30-21-25-19(26-27(12)21)13-3-6-15(29-2)7-4-13/h3-8,11H,9-10H2,1-2H3,(H,24,28). The molecule has 2 heterocycles. The number of benzene rings is 2. The molecule has 2 aromatic heterocycles. The first kappa shape index (κ1) is 20.0. The predicted octanol–water partition coefficient (Wildman–Crippen LogP) is 4.03. The van der Waals surface area contributed by atoms with Crippen molar-refractivity contribution in [2.45, 2.75) is 13.3 Å². The molecule has 4 aromatic rings. The maximum absolute atomic E-state index is 13.3. The minimum Gasteiger partial charge on any atom is -0.497 e. The van der Waals surface area contributed by atoms with Crippen LogP contribution in [0.2, 0.25) is 0 Å². The van der Waals surface area contributed by atoms with Crippen LogP contribution in [-0.4, -0.2) is 34.2 Å². The van der Waals surface area contributed by atoms with Crippen LogP contribution in [0.3, 0.4) is 0 Å². The van der Waals surface area contributed by atoms with Crippen LogP contribution in [0.5, 0.6) is 5.75 Å². The molecule has 2 aromatic carbocycles. The predicted molar refractivity (Wildman–Crippen MR) is 110 cm³/mol. The van der Waals surface area contributed by atoms with Gasteiger partial charge in [0.05, 0.1) is 12.8 Å². The van der Waals surface area contributed by atoms with Crippen molar-refractivity contribution < 1.29 is 18.3 Å². The Bertz CT molecular complexity index is 1220. The Labute approximate surface area is 175 Å². The van der Waals surface area contributed by atoms with Gasteiger partial charge in [-0.2, -0.15) is 4.98 Å². The van der Waals surface area contributed by atoms with Gasteiger partial charge in [-0.3, -0.25) is 4.79 Å². The normalized spacial score (nSPS) is 11.1. The number of nitrogens with zero attached hydrogens (tertiary/aromatic N) is 3. The number of hydrogen-bond donors (Lipinski definition) is 1. The van der Waals surface area contributed by atoms with Crippen molar-refractivity contribution in [3.05, 3.63) is 70.2 Å². The van der Waals surface area contributed by atoms with Crippen molar-refractivity contribution in [2.75, 3.05) is 13.7 Å². The number of ether oxygens (including phenoxy) is 1. The van der Waals surface area contributed by atoms with E-state index in [1.807, 2.05) is 31.2 Å². The first-order valence-electron chi connectivity index (χ1n) is 9.19. The van der Waals surface area contributed by atoms with E-state index in [0.717, 1.165) is 39.0 Å². The van der Waals surface area contributed by atoms with E-state index in [9.17, 15) is 13.6 Å². The Kier molecular flexibility index (Phi) is 5.45. The molecule has 1 N–H and O–H groups in total. The van der Waals surface area contributed by atoms with Gasteiger partial charge in [0.2, 0.25) is 4.96 Å². The van der Waals surface area contributed by atoms with Gasteiger partial charge in [-0.1, -0.05) is 11.3 Å². The smallest absolute Gasteiger partial charge is 0.251 e. The summed E-state index contributed by atoms with van der Waals surface area (Å²) < 4.78 is 33.2. The minimum absolute atomic E-state index is 0.0809. The lowest BCUT2D eigenvalue weighted by molar-refractivity contribution is 0.0953. The van der Waals surface area contributed by atoms with Crippen LogP contribution in [0.1, 0.15) is 20.9 Å². The van der Waals surface area contributed by atoms with E-state index < -0.39 is 17.5 Å². The SMILES string of the molecule is COc1ccc(-c2nc3sc(CCNC(=O)c4ccc(F)c(F)c4)c(C)n3n2)cc1. The number of carbonyl (C=O) groups is 1. The average Bonchev–Trinajstić information content (AvgIpc) is 3.29. The number of aromatic nitrogens is 3. The maximum atomic E-state index is 13.3. The molecule has 0 spiro atoms. The van der Waals surface area contributed by atoms with Gasteiger partial charge in [0.1, 0.15) is 5.75 Å². The van der Waals surface area contributed by atoms with E-state index in [1.165, 1.54) is 17.4 Å². The van der Waals surface area contributed by atoms with E-state index in [4.69, 9.17) is 4.74 Å². The number of amides is 1. The highest BCUT2D eigenvalue weighted by molar-refractivity contribution is 7.17. The number of methoxy groups -OCH3 is 1. The second-order valence-corrected chi connectivity index (χ2v) is 7.67. The molecule has 0 atom stereocenters. The third-order valence-electron chi connectivity index (χ3n) is 4.68. The molecular weight excluding hydrogens is 410 g/mol. The van der Waals surface area contributed by atoms with Crippen LogP contribution in [0.15, 0.2) is 42.5 Å². The number of rotatable bonds is 6. The van der Waals surface area contributed by atoms with Crippen LogP contribution >= 0.6 is 11.3 Å². The molecule has 9 heteroatoms. The summed E-state index contributed by atoms with van der Waals surface area (Å²) >= 11 is 1.50. The molecule has 0 saturated heterocycles. The first-order valence-corrected chi connectivity index (χ1v) is 10.0. The number of thiazole rings is 1. The lowest BCUT2D eigenvalue weighted by atomic mass is 10.2. The van der Waals surface area contributed by atoms with Crippen molar-refractivity contribution in [1.82, 2.24) is 19.9 Å². The van der Waals surface area contributed by atoms with E-state index >= 15 is 0 Å². The molecular formula is C21H18F2N4O2S. The zero-order valence-corrected chi connectivity index (χ0v) is 17.1.